The van der Waals surface area contributed by atoms with Crippen LogP contribution in [0.3, 0.4) is 0 Å². The highest BCUT2D eigenvalue weighted by Crippen LogP contribution is 2.26. The zero-order valence-corrected chi connectivity index (χ0v) is 17.9. The molecule has 1 amide bonds. The maximum Gasteiger partial charge on any atom is 0.252 e. The van der Waals surface area contributed by atoms with Crippen LogP contribution in [0.2, 0.25) is 0 Å². The summed E-state index contributed by atoms with van der Waals surface area (Å²) < 4.78 is 1.83. The first kappa shape index (κ1) is 20.3. The summed E-state index contributed by atoms with van der Waals surface area (Å²) in [6, 6.07) is 9.82. The van der Waals surface area contributed by atoms with Crippen LogP contribution < -0.4 is 5.32 Å². The van der Waals surface area contributed by atoms with E-state index in [0.717, 1.165) is 29.4 Å². The summed E-state index contributed by atoms with van der Waals surface area (Å²) in [6.45, 7) is 0.532. The number of amides is 1. The molecule has 1 saturated carbocycles. The van der Waals surface area contributed by atoms with Gasteiger partial charge in [0.15, 0.2) is 5.65 Å². The van der Waals surface area contributed by atoms with E-state index in [9.17, 15) is 4.79 Å². The topological polar surface area (TPSA) is 85.6 Å². The molecular formula is C25H26N6O. The Hall–Kier alpha value is -3.61. The van der Waals surface area contributed by atoms with Crippen molar-refractivity contribution in [1.29, 1.82) is 0 Å². The van der Waals surface area contributed by atoms with Crippen molar-refractivity contribution < 1.29 is 4.79 Å². The number of rotatable bonds is 5. The van der Waals surface area contributed by atoms with Crippen LogP contribution in [0.25, 0.3) is 22.3 Å². The number of nitrogens with one attached hydrogen (secondary N) is 1. The van der Waals surface area contributed by atoms with Crippen LogP contribution in [0, 0.1) is 0 Å². The SMILES string of the molecule is O=C(NC1CCCCCC1)c1cc(-c2cccnc2)nc2c1cnn2Cc1cccnc1. The number of carbonyl (C=O) groups excluding carboxylic acids is 1. The summed E-state index contributed by atoms with van der Waals surface area (Å²) >= 11 is 0. The van der Waals surface area contributed by atoms with E-state index >= 15 is 0 Å². The zero-order chi connectivity index (χ0) is 21.8. The predicted molar refractivity (Wildman–Crippen MR) is 123 cm³/mol. The predicted octanol–water partition coefficient (Wildman–Crippen LogP) is 4.39. The monoisotopic (exact) mass is 426 g/mol. The number of nitrogens with zero attached hydrogens (tertiary/aromatic N) is 5. The molecule has 7 nitrogen and oxygen atoms in total. The molecule has 0 spiro atoms. The Morgan fingerprint density at radius 3 is 2.50 bits per heavy atom. The highest BCUT2D eigenvalue weighted by atomic mass is 16.1. The van der Waals surface area contributed by atoms with Gasteiger partial charge in [0.05, 0.1) is 29.4 Å². The Bertz CT molecular complexity index is 1200. The second-order valence-corrected chi connectivity index (χ2v) is 8.36. The second-order valence-electron chi connectivity index (χ2n) is 8.36. The number of fused-ring (bicyclic) bond motifs is 1. The average molecular weight is 427 g/mol. The van der Waals surface area contributed by atoms with E-state index in [0.29, 0.717) is 23.4 Å². The minimum Gasteiger partial charge on any atom is -0.349 e. The number of aromatic nitrogens is 5. The van der Waals surface area contributed by atoms with E-state index in [1.54, 1.807) is 24.8 Å². The summed E-state index contributed by atoms with van der Waals surface area (Å²) in [4.78, 5) is 26.7. The Balaban J connectivity index is 1.55. The van der Waals surface area contributed by atoms with Crippen molar-refractivity contribution in [3.05, 3.63) is 72.4 Å². The van der Waals surface area contributed by atoms with Crippen molar-refractivity contribution in [1.82, 2.24) is 30.0 Å². The minimum absolute atomic E-state index is 0.0598. The van der Waals surface area contributed by atoms with Gasteiger partial charge in [0.2, 0.25) is 0 Å². The van der Waals surface area contributed by atoms with Crippen LogP contribution in [0.5, 0.6) is 0 Å². The lowest BCUT2D eigenvalue weighted by Crippen LogP contribution is -2.34. The zero-order valence-electron chi connectivity index (χ0n) is 17.9. The highest BCUT2D eigenvalue weighted by Gasteiger charge is 2.21. The van der Waals surface area contributed by atoms with E-state index in [4.69, 9.17) is 4.98 Å². The van der Waals surface area contributed by atoms with Crippen molar-refractivity contribution in [3.8, 4) is 11.3 Å². The highest BCUT2D eigenvalue weighted by molar-refractivity contribution is 6.06. The van der Waals surface area contributed by atoms with Gasteiger partial charge in [-0.3, -0.25) is 14.8 Å². The maximum absolute atomic E-state index is 13.4. The van der Waals surface area contributed by atoms with E-state index < -0.39 is 0 Å². The molecule has 1 aliphatic carbocycles. The van der Waals surface area contributed by atoms with Crippen LogP contribution in [0.15, 0.2) is 61.3 Å². The minimum atomic E-state index is -0.0598. The van der Waals surface area contributed by atoms with Crippen LogP contribution in [0.4, 0.5) is 0 Å². The van der Waals surface area contributed by atoms with Gasteiger partial charge in [-0.2, -0.15) is 5.10 Å². The van der Waals surface area contributed by atoms with E-state index in [-0.39, 0.29) is 11.9 Å². The van der Waals surface area contributed by atoms with Crippen molar-refractivity contribution in [2.24, 2.45) is 0 Å². The Morgan fingerprint density at radius 1 is 1.00 bits per heavy atom. The lowest BCUT2D eigenvalue weighted by molar-refractivity contribution is 0.0935. The first-order chi connectivity index (χ1) is 15.8. The molecule has 4 aromatic heterocycles. The number of hydrogen-bond donors (Lipinski definition) is 1. The molecule has 1 N–H and O–H groups in total. The first-order valence-electron chi connectivity index (χ1n) is 11.2. The summed E-state index contributed by atoms with van der Waals surface area (Å²) in [5, 5.41) is 8.59. The third kappa shape index (κ3) is 4.37. The molecule has 0 unspecified atom stereocenters. The van der Waals surface area contributed by atoms with Gasteiger partial charge in [0.1, 0.15) is 0 Å². The van der Waals surface area contributed by atoms with Gasteiger partial charge in [0, 0.05) is 36.4 Å². The fourth-order valence-electron chi connectivity index (χ4n) is 4.36. The van der Waals surface area contributed by atoms with Crippen molar-refractivity contribution >= 4 is 16.9 Å². The summed E-state index contributed by atoms with van der Waals surface area (Å²) in [6.07, 6.45) is 15.7. The molecule has 0 aliphatic heterocycles. The van der Waals surface area contributed by atoms with E-state index in [2.05, 4.69) is 20.4 Å². The van der Waals surface area contributed by atoms with E-state index in [1.807, 2.05) is 41.2 Å². The first-order valence-corrected chi connectivity index (χ1v) is 11.2. The molecule has 32 heavy (non-hydrogen) atoms. The molecule has 0 aromatic carbocycles. The van der Waals surface area contributed by atoms with Gasteiger partial charge < -0.3 is 5.32 Å². The fourth-order valence-corrected chi connectivity index (χ4v) is 4.36. The standard InChI is InChI=1S/C25H26N6O/c32-25(29-20-9-3-1-2-4-10-20)21-13-23(19-8-6-12-27-15-19)30-24-22(21)16-28-31(24)17-18-7-5-11-26-14-18/h5-8,11-16,20H,1-4,9-10,17H2,(H,29,32). The summed E-state index contributed by atoms with van der Waals surface area (Å²) in [5.74, 6) is -0.0598. The largest absolute Gasteiger partial charge is 0.349 e. The molecule has 0 bridgehead atoms. The van der Waals surface area contributed by atoms with Gasteiger partial charge in [-0.1, -0.05) is 31.7 Å². The smallest absolute Gasteiger partial charge is 0.252 e. The van der Waals surface area contributed by atoms with Crippen LogP contribution in [-0.4, -0.2) is 36.7 Å². The molecular weight excluding hydrogens is 400 g/mol. The van der Waals surface area contributed by atoms with Crippen LogP contribution >= 0.6 is 0 Å². The second kappa shape index (κ2) is 9.26. The fraction of sp³-hybridized carbons (Fsp3) is 0.320. The van der Waals surface area contributed by atoms with Gasteiger partial charge in [-0.05, 0) is 42.7 Å². The Morgan fingerprint density at radius 2 is 1.78 bits per heavy atom. The molecule has 0 atom stereocenters. The number of carbonyl (C=O) groups is 1. The van der Waals surface area contributed by atoms with Gasteiger partial charge >= 0.3 is 0 Å². The van der Waals surface area contributed by atoms with Gasteiger partial charge in [0.25, 0.3) is 5.91 Å². The van der Waals surface area contributed by atoms with E-state index in [1.165, 1.54) is 25.7 Å². The van der Waals surface area contributed by atoms with Crippen LogP contribution in [-0.2, 0) is 6.54 Å². The molecule has 1 fully saturated rings. The number of hydrogen-bond acceptors (Lipinski definition) is 5. The van der Waals surface area contributed by atoms with Crippen molar-refractivity contribution in [2.45, 2.75) is 51.1 Å². The molecule has 7 heteroatoms. The molecule has 1 aliphatic rings. The van der Waals surface area contributed by atoms with Crippen molar-refractivity contribution in [2.75, 3.05) is 0 Å². The average Bonchev–Trinajstić information content (AvgIpc) is 3.05. The van der Waals surface area contributed by atoms with Crippen LogP contribution in [0.1, 0.15) is 54.4 Å². The molecule has 4 heterocycles. The third-order valence-electron chi connectivity index (χ3n) is 6.06. The Labute approximate surface area is 186 Å². The van der Waals surface area contributed by atoms with Gasteiger partial charge in [-0.25, -0.2) is 9.67 Å². The van der Waals surface area contributed by atoms with Gasteiger partial charge in [-0.15, -0.1) is 0 Å². The quantitative estimate of drug-likeness (QED) is 0.479. The van der Waals surface area contributed by atoms with Crippen molar-refractivity contribution in [3.63, 3.8) is 0 Å². The molecule has 5 rings (SSSR count). The summed E-state index contributed by atoms with van der Waals surface area (Å²) in [7, 11) is 0. The molecule has 162 valence electrons. The lowest BCUT2D eigenvalue weighted by Gasteiger charge is -2.17. The third-order valence-corrected chi connectivity index (χ3v) is 6.06. The lowest BCUT2D eigenvalue weighted by atomic mass is 10.1. The molecule has 4 aromatic rings. The normalized spacial score (nSPS) is 14.9. The molecule has 0 saturated heterocycles. The maximum atomic E-state index is 13.4. The number of pyridine rings is 3. The molecule has 0 radical (unpaired) electrons. The summed E-state index contributed by atoms with van der Waals surface area (Å²) in [5.41, 5.74) is 3.89. The Kier molecular flexibility index (Phi) is 5.87.